The fraction of sp³-hybridized carbons (Fsp3) is 0.571. The standard InChI is InChI=1S/C14H20BrNO/c1-14(2)7-4-8-16(10-14)9-11-5-3-6-12(15)13(11)17/h3,5-6,17H,4,7-10H2,1-2H3. The first-order chi connectivity index (χ1) is 7.98. The summed E-state index contributed by atoms with van der Waals surface area (Å²) in [4.78, 5) is 2.44. The van der Waals surface area contributed by atoms with Crippen LogP contribution in [0.25, 0.3) is 0 Å². The first-order valence-electron chi connectivity index (χ1n) is 6.17. The summed E-state index contributed by atoms with van der Waals surface area (Å²) in [5.41, 5.74) is 1.41. The van der Waals surface area contributed by atoms with Crippen LogP contribution in [-0.2, 0) is 6.54 Å². The smallest absolute Gasteiger partial charge is 0.134 e. The Hall–Kier alpha value is -0.540. The SMILES string of the molecule is CC1(C)CCCN(Cc2cccc(Br)c2O)C1. The molecule has 0 unspecified atom stereocenters. The van der Waals surface area contributed by atoms with Crippen molar-refractivity contribution >= 4 is 15.9 Å². The van der Waals surface area contributed by atoms with Gasteiger partial charge in [0.05, 0.1) is 4.47 Å². The molecule has 1 aromatic rings. The molecule has 0 bridgehead atoms. The number of piperidine rings is 1. The number of hydrogen-bond acceptors (Lipinski definition) is 2. The zero-order valence-electron chi connectivity index (χ0n) is 10.5. The molecule has 3 heteroatoms. The molecule has 1 fully saturated rings. The Morgan fingerprint density at radius 1 is 1.41 bits per heavy atom. The van der Waals surface area contributed by atoms with Gasteiger partial charge >= 0.3 is 0 Å². The summed E-state index contributed by atoms with van der Waals surface area (Å²) in [6.45, 7) is 7.73. The molecular weight excluding hydrogens is 278 g/mol. The average Bonchev–Trinajstić information content (AvgIpc) is 2.23. The van der Waals surface area contributed by atoms with E-state index in [0.29, 0.717) is 11.2 Å². The van der Waals surface area contributed by atoms with Crippen molar-refractivity contribution in [3.8, 4) is 5.75 Å². The zero-order chi connectivity index (χ0) is 12.5. The Kier molecular flexibility index (Phi) is 3.79. The second-order valence-electron chi connectivity index (χ2n) is 5.73. The molecular formula is C14H20BrNO. The van der Waals surface area contributed by atoms with Crippen LogP contribution in [0.4, 0.5) is 0 Å². The van der Waals surface area contributed by atoms with Crippen molar-refractivity contribution in [3.05, 3.63) is 28.2 Å². The summed E-state index contributed by atoms with van der Waals surface area (Å²) in [6, 6.07) is 5.86. The molecule has 0 saturated carbocycles. The summed E-state index contributed by atoms with van der Waals surface area (Å²) in [6.07, 6.45) is 2.55. The van der Waals surface area contributed by atoms with Gasteiger partial charge in [-0.25, -0.2) is 0 Å². The maximum Gasteiger partial charge on any atom is 0.134 e. The summed E-state index contributed by atoms with van der Waals surface area (Å²) < 4.78 is 0.784. The molecule has 0 atom stereocenters. The van der Waals surface area contributed by atoms with Crippen molar-refractivity contribution in [1.29, 1.82) is 0 Å². The van der Waals surface area contributed by atoms with Crippen molar-refractivity contribution in [1.82, 2.24) is 4.90 Å². The van der Waals surface area contributed by atoms with Gasteiger partial charge < -0.3 is 5.11 Å². The van der Waals surface area contributed by atoms with Crippen LogP contribution in [0.1, 0.15) is 32.3 Å². The third kappa shape index (κ3) is 3.23. The lowest BCUT2D eigenvalue weighted by Gasteiger charge is -2.38. The van der Waals surface area contributed by atoms with Crippen LogP contribution in [0.2, 0.25) is 0 Å². The Labute approximate surface area is 112 Å². The van der Waals surface area contributed by atoms with Gasteiger partial charge in [-0.3, -0.25) is 4.90 Å². The van der Waals surface area contributed by atoms with E-state index >= 15 is 0 Å². The molecule has 1 saturated heterocycles. The van der Waals surface area contributed by atoms with Gasteiger partial charge in [0.25, 0.3) is 0 Å². The highest BCUT2D eigenvalue weighted by Crippen LogP contribution is 2.32. The minimum absolute atomic E-state index is 0.385. The van der Waals surface area contributed by atoms with Gasteiger partial charge in [-0.1, -0.05) is 26.0 Å². The highest BCUT2D eigenvalue weighted by Gasteiger charge is 2.26. The largest absolute Gasteiger partial charge is 0.506 e. The number of rotatable bonds is 2. The van der Waals surface area contributed by atoms with Crippen LogP contribution < -0.4 is 0 Å². The maximum absolute atomic E-state index is 9.98. The van der Waals surface area contributed by atoms with Crippen LogP contribution in [0.5, 0.6) is 5.75 Å². The van der Waals surface area contributed by atoms with Crippen molar-refractivity contribution < 1.29 is 5.11 Å². The van der Waals surface area contributed by atoms with Crippen LogP contribution in [0.3, 0.4) is 0 Å². The van der Waals surface area contributed by atoms with E-state index in [4.69, 9.17) is 0 Å². The Morgan fingerprint density at radius 3 is 2.88 bits per heavy atom. The van der Waals surface area contributed by atoms with Crippen molar-refractivity contribution in [2.45, 2.75) is 33.2 Å². The number of phenolic OH excluding ortho intramolecular Hbond substituents is 1. The number of benzene rings is 1. The number of nitrogens with zero attached hydrogens (tertiary/aromatic N) is 1. The molecule has 0 amide bonds. The van der Waals surface area contributed by atoms with E-state index in [0.717, 1.165) is 29.7 Å². The molecule has 1 aliphatic heterocycles. The second-order valence-corrected chi connectivity index (χ2v) is 6.58. The molecule has 1 aliphatic rings. The molecule has 2 rings (SSSR count). The number of likely N-dealkylation sites (tertiary alicyclic amines) is 1. The topological polar surface area (TPSA) is 23.5 Å². The molecule has 2 nitrogen and oxygen atoms in total. The van der Waals surface area contributed by atoms with Crippen LogP contribution in [-0.4, -0.2) is 23.1 Å². The van der Waals surface area contributed by atoms with Crippen molar-refractivity contribution in [2.75, 3.05) is 13.1 Å². The minimum atomic E-state index is 0.385. The molecule has 0 aromatic heterocycles. The van der Waals surface area contributed by atoms with Gasteiger partial charge in [-0.15, -0.1) is 0 Å². The van der Waals surface area contributed by atoms with E-state index in [9.17, 15) is 5.11 Å². The lowest BCUT2D eigenvalue weighted by molar-refractivity contribution is 0.111. The predicted molar refractivity (Wildman–Crippen MR) is 74.1 cm³/mol. The van der Waals surface area contributed by atoms with Gasteiger partial charge in [0, 0.05) is 18.7 Å². The van der Waals surface area contributed by atoms with E-state index in [-0.39, 0.29) is 0 Å². The highest BCUT2D eigenvalue weighted by molar-refractivity contribution is 9.10. The number of aromatic hydroxyl groups is 1. The molecule has 0 aliphatic carbocycles. The van der Waals surface area contributed by atoms with E-state index < -0.39 is 0 Å². The summed E-state index contributed by atoms with van der Waals surface area (Å²) in [7, 11) is 0. The first kappa shape index (κ1) is 12.9. The van der Waals surface area contributed by atoms with Gasteiger partial charge in [0.15, 0.2) is 0 Å². The van der Waals surface area contributed by atoms with Crippen LogP contribution in [0.15, 0.2) is 22.7 Å². The molecule has 0 radical (unpaired) electrons. The second kappa shape index (κ2) is 4.99. The number of para-hydroxylation sites is 1. The maximum atomic E-state index is 9.98. The number of halogens is 1. The van der Waals surface area contributed by atoms with Crippen LogP contribution in [0, 0.1) is 5.41 Å². The summed E-state index contributed by atoms with van der Waals surface area (Å²) >= 11 is 3.36. The van der Waals surface area contributed by atoms with E-state index in [1.165, 1.54) is 12.8 Å². The van der Waals surface area contributed by atoms with Gasteiger partial charge in [-0.05, 0) is 46.8 Å². The molecule has 1 aromatic carbocycles. The third-order valence-electron chi connectivity index (χ3n) is 3.44. The monoisotopic (exact) mass is 297 g/mol. The van der Waals surface area contributed by atoms with E-state index in [1.807, 2.05) is 18.2 Å². The quantitative estimate of drug-likeness (QED) is 0.898. The molecule has 94 valence electrons. The molecule has 0 spiro atoms. The Morgan fingerprint density at radius 2 is 2.18 bits per heavy atom. The number of phenols is 1. The highest BCUT2D eigenvalue weighted by atomic mass is 79.9. The fourth-order valence-corrected chi connectivity index (χ4v) is 3.02. The minimum Gasteiger partial charge on any atom is -0.506 e. The zero-order valence-corrected chi connectivity index (χ0v) is 12.1. The molecule has 1 heterocycles. The summed E-state index contributed by atoms with van der Waals surface area (Å²) in [5, 5.41) is 9.98. The van der Waals surface area contributed by atoms with Gasteiger partial charge in [0.1, 0.15) is 5.75 Å². The molecule has 1 N–H and O–H groups in total. The Balaban J connectivity index is 2.08. The normalized spacial score (nSPS) is 20.4. The lowest BCUT2D eigenvalue weighted by atomic mass is 9.84. The lowest BCUT2D eigenvalue weighted by Crippen LogP contribution is -2.39. The summed E-state index contributed by atoms with van der Waals surface area (Å²) in [5.74, 6) is 0.385. The van der Waals surface area contributed by atoms with Crippen molar-refractivity contribution in [2.24, 2.45) is 5.41 Å². The number of hydrogen-bond donors (Lipinski definition) is 1. The van der Waals surface area contributed by atoms with Crippen molar-refractivity contribution in [3.63, 3.8) is 0 Å². The molecule has 17 heavy (non-hydrogen) atoms. The fourth-order valence-electron chi connectivity index (χ4n) is 2.61. The Bertz CT molecular complexity index is 403. The van der Waals surface area contributed by atoms with Gasteiger partial charge in [0.2, 0.25) is 0 Å². The average molecular weight is 298 g/mol. The van der Waals surface area contributed by atoms with Crippen LogP contribution >= 0.6 is 15.9 Å². The van der Waals surface area contributed by atoms with E-state index in [1.54, 1.807) is 0 Å². The van der Waals surface area contributed by atoms with E-state index in [2.05, 4.69) is 34.7 Å². The third-order valence-corrected chi connectivity index (χ3v) is 4.08. The first-order valence-corrected chi connectivity index (χ1v) is 6.96. The van der Waals surface area contributed by atoms with Gasteiger partial charge in [-0.2, -0.15) is 0 Å². The predicted octanol–water partition coefficient (Wildman–Crippen LogP) is 3.78.